The van der Waals surface area contributed by atoms with E-state index < -0.39 is 0 Å². The van der Waals surface area contributed by atoms with Gasteiger partial charge in [0.25, 0.3) is 0 Å². The molecule has 2 aliphatic heterocycles. The second-order valence-electron chi connectivity index (χ2n) is 8.76. The maximum atomic E-state index is 13.0. The predicted molar refractivity (Wildman–Crippen MR) is 111 cm³/mol. The first kappa shape index (κ1) is 19.3. The van der Waals surface area contributed by atoms with E-state index >= 15 is 0 Å². The van der Waals surface area contributed by atoms with E-state index in [0.717, 1.165) is 65.0 Å². The van der Waals surface area contributed by atoms with Crippen molar-refractivity contribution in [3.05, 3.63) is 29.3 Å². The van der Waals surface area contributed by atoms with Gasteiger partial charge in [0, 0.05) is 56.8 Å². The quantitative estimate of drug-likeness (QED) is 0.806. The van der Waals surface area contributed by atoms with E-state index in [4.69, 9.17) is 0 Å². The highest BCUT2D eigenvalue weighted by molar-refractivity contribution is 5.81. The van der Waals surface area contributed by atoms with Gasteiger partial charge in [0.1, 0.15) is 0 Å². The minimum absolute atomic E-state index is 0.0951. The third-order valence-electron chi connectivity index (χ3n) is 7.12. The lowest BCUT2D eigenvalue weighted by atomic mass is 9.83. The zero-order valence-corrected chi connectivity index (χ0v) is 17.3. The van der Waals surface area contributed by atoms with Crippen LogP contribution in [0.25, 0.3) is 0 Å². The van der Waals surface area contributed by atoms with Gasteiger partial charge in [0.2, 0.25) is 11.8 Å². The minimum Gasteiger partial charge on any atom is -0.368 e. The first-order valence-corrected chi connectivity index (χ1v) is 10.9. The number of aryl methyl sites for hydroxylation is 1. The van der Waals surface area contributed by atoms with Crippen molar-refractivity contribution in [2.75, 3.05) is 44.2 Å². The molecule has 1 aliphatic carbocycles. The Bertz CT molecular complexity index is 727. The molecule has 2 amide bonds. The zero-order chi connectivity index (χ0) is 19.7. The van der Waals surface area contributed by atoms with E-state index in [1.807, 2.05) is 4.90 Å². The summed E-state index contributed by atoms with van der Waals surface area (Å²) in [4.78, 5) is 31.9. The molecule has 3 fully saturated rings. The van der Waals surface area contributed by atoms with Gasteiger partial charge >= 0.3 is 0 Å². The summed E-state index contributed by atoms with van der Waals surface area (Å²) in [6.07, 6.45) is 4.97. The molecule has 2 saturated heterocycles. The van der Waals surface area contributed by atoms with Crippen molar-refractivity contribution < 1.29 is 9.59 Å². The maximum Gasteiger partial charge on any atom is 0.225 e. The van der Waals surface area contributed by atoms with Gasteiger partial charge in [0.15, 0.2) is 0 Å². The lowest BCUT2D eigenvalue weighted by Gasteiger charge is -2.40. The van der Waals surface area contributed by atoms with Gasteiger partial charge in [-0.2, -0.15) is 0 Å². The molecule has 1 aromatic rings. The van der Waals surface area contributed by atoms with Crippen LogP contribution in [0, 0.1) is 25.7 Å². The molecule has 1 aromatic carbocycles. The van der Waals surface area contributed by atoms with Crippen molar-refractivity contribution in [3.8, 4) is 0 Å². The smallest absolute Gasteiger partial charge is 0.225 e. The van der Waals surface area contributed by atoms with Crippen molar-refractivity contribution in [2.24, 2.45) is 11.8 Å². The maximum absolute atomic E-state index is 13.0. The summed E-state index contributed by atoms with van der Waals surface area (Å²) in [6.45, 7) is 9.24. The molecule has 0 N–H and O–H groups in total. The van der Waals surface area contributed by atoms with Crippen molar-refractivity contribution in [1.82, 2.24) is 9.80 Å². The van der Waals surface area contributed by atoms with Crippen LogP contribution in [-0.4, -0.2) is 60.9 Å². The predicted octanol–water partition coefficient (Wildman–Crippen LogP) is 2.99. The molecule has 0 atom stereocenters. The number of piperazine rings is 1. The van der Waals surface area contributed by atoms with Crippen molar-refractivity contribution in [1.29, 1.82) is 0 Å². The summed E-state index contributed by atoms with van der Waals surface area (Å²) < 4.78 is 0. The molecule has 0 bridgehead atoms. The number of rotatable bonds is 3. The summed E-state index contributed by atoms with van der Waals surface area (Å²) in [6, 6.07) is 6.46. The van der Waals surface area contributed by atoms with Crippen LogP contribution < -0.4 is 4.90 Å². The number of hydrogen-bond donors (Lipinski definition) is 0. The Morgan fingerprint density at radius 3 is 1.93 bits per heavy atom. The van der Waals surface area contributed by atoms with Crippen molar-refractivity contribution in [2.45, 2.75) is 46.0 Å². The Morgan fingerprint density at radius 1 is 0.786 bits per heavy atom. The van der Waals surface area contributed by atoms with E-state index in [0.29, 0.717) is 11.8 Å². The molecular weight excluding hydrogens is 350 g/mol. The largest absolute Gasteiger partial charge is 0.368 e. The standard InChI is InChI=1S/C23H33N3O2/c1-17-5-3-8-21(18(17)2)24-13-15-26(16-14-24)23(28)20-9-11-25(12-10-20)22(27)19-6-4-7-19/h3,5,8,19-20H,4,6-7,9-16H2,1-2H3. The fourth-order valence-corrected chi connectivity index (χ4v) is 4.76. The molecule has 152 valence electrons. The molecule has 5 nitrogen and oxygen atoms in total. The fourth-order valence-electron chi connectivity index (χ4n) is 4.76. The molecule has 2 heterocycles. The Labute approximate surface area is 168 Å². The number of benzene rings is 1. The van der Waals surface area contributed by atoms with Crippen LogP contribution in [0.5, 0.6) is 0 Å². The molecule has 28 heavy (non-hydrogen) atoms. The molecule has 1 saturated carbocycles. The Hall–Kier alpha value is -2.04. The van der Waals surface area contributed by atoms with E-state index in [9.17, 15) is 9.59 Å². The van der Waals surface area contributed by atoms with Crippen LogP contribution in [0.4, 0.5) is 5.69 Å². The van der Waals surface area contributed by atoms with Gasteiger partial charge in [-0.25, -0.2) is 0 Å². The lowest BCUT2D eigenvalue weighted by Crippen LogP contribution is -2.52. The summed E-state index contributed by atoms with van der Waals surface area (Å²) in [5.74, 6) is 0.999. The highest BCUT2D eigenvalue weighted by atomic mass is 16.2. The van der Waals surface area contributed by atoms with Gasteiger partial charge in [-0.05, 0) is 56.7 Å². The number of anilines is 1. The molecule has 0 aromatic heterocycles. The highest BCUT2D eigenvalue weighted by Gasteiger charge is 2.35. The second kappa shape index (κ2) is 8.14. The van der Waals surface area contributed by atoms with E-state index in [-0.39, 0.29) is 11.8 Å². The van der Waals surface area contributed by atoms with Crippen LogP contribution in [0.3, 0.4) is 0 Å². The molecule has 0 spiro atoms. The van der Waals surface area contributed by atoms with Gasteiger partial charge < -0.3 is 14.7 Å². The highest BCUT2D eigenvalue weighted by Crippen LogP contribution is 2.30. The van der Waals surface area contributed by atoms with Crippen LogP contribution in [0.1, 0.15) is 43.2 Å². The molecule has 3 aliphatic rings. The third-order valence-corrected chi connectivity index (χ3v) is 7.12. The average molecular weight is 384 g/mol. The molecular formula is C23H33N3O2. The lowest BCUT2D eigenvalue weighted by molar-refractivity contribution is -0.144. The fraction of sp³-hybridized carbons (Fsp3) is 0.652. The Balaban J connectivity index is 1.27. The van der Waals surface area contributed by atoms with Crippen LogP contribution >= 0.6 is 0 Å². The third kappa shape index (κ3) is 3.76. The Kier molecular flexibility index (Phi) is 5.61. The second-order valence-corrected chi connectivity index (χ2v) is 8.76. The zero-order valence-electron chi connectivity index (χ0n) is 17.3. The first-order valence-electron chi connectivity index (χ1n) is 10.9. The topological polar surface area (TPSA) is 43.9 Å². The number of likely N-dealkylation sites (tertiary alicyclic amines) is 1. The number of carbonyl (C=O) groups is 2. The molecule has 0 unspecified atom stereocenters. The van der Waals surface area contributed by atoms with Gasteiger partial charge in [-0.15, -0.1) is 0 Å². The average Bonchev–Trinajstić information content (AvgIpc) is 2.68. The molecule has 0 radical (unpaired) electrons. The SMILES string of the molecule is Cc1cccc(N2CCN(C(=O)C3CCN(C(=O)C4CCC4)CC3)CC2)c1C. The van der Waals surface area contributed by atoms with Crippen molar-refractivity contribution in [3.63, 3.8) is 0 Å². The van der Waals surface area contributed by atoms with Crippen LogP contribution in [-0.2, 0) is 9.59 Å². The van der Waals surface area contributed by atoms with Gasteiger partial charge in [-0.1, -0.05) is 18.6 Å². The molecule has 4 rings (SSSR count). The van der Waals surface area contributed by atoms with Gasteiger partial charge in [0.05, 0.1) is 0 Å². The summed E-state index contributed by atoms with van der Waals surface area (Å²) in [5, 5.41) is 0. The van der Waals surface area contributed by atoms with E-state index in [1.54, 1.807) is 0 Å². The van der Waals surface area contributed by atoms with Crippen molar-refractivity contribution >= 4 is 17.5 Å². The molecule has 5 heteroatoms. The summed E-state index contributed by atoms with van der Waals surface area (Å²) in [5.41, 5.74) is 3.96. The normalized spacial score (nSPS) is 21.6. The van der Waals surface area contributed by atoms with E-state index in [1.165, 1.54) is 23.2 Å². The number of amides is 2. The number of piperidine rings is 1. The Morgan fingerprint density at radius 2 is 1.36 bits per heavy atom. The minimum atomic E-state index is 0.0951. The van der Waals surface area contributed by atoms with Crippen LogP contribution in [0.2, 0.25) is 0 Å². The summed E-state index contributed by atoms with van der Waals surface area (Å²) >= 11 is 0. The van der Waals surface area contributed by atoms with Crippen LogP contribution in [0.15, 0.2) is 18.2 Å². The van der Waals surface area contributed by atoms with Gasteiger partial charge in [-0.3, -0.25) is 9.59 Å². The number of hydrogen-bond acceptors (Lipinski definition) is 3. The monoisotopic (exact) mass is 383 g/mol. The number of carbonyl (C=O) groups excluding carboxylic acids is 2. The van der Waals surface area contributed by atoms with E-state index in [2.05, 4.69) is 41.8 Å². The number of nitrogens with zero attached hydrogens (tertiary/aromatic N) is 3. The summed E-state index contributed by atoms with van der Waals surface area (Å²) in [7, 11) is 0. The first-order chi connectivity index (χ1) is 13.5.